The Bertz CT molecular complexity index is 1450. The third-order valence-electron chi connectivity index (χ3n) is 6.19. The largest absolute Gasteiger partial charge is 0.868 e. The summed E-state index contributed by atoms with van der Waals surface area (Å²) in [5.41, 5.74) is 1.88. The molecule has 0 spiro atoms. The fourth-order valence-corrected chi connectivity index (χ4v) is 5.88. The molecule has 0 N–H and O–H groups in total. The fourth-order valence-electron chi connectivity index (χ4n) is 4.29. The van der Waals surface area contributed by atoms with Gasteiger partial charge in [0.05, 0.1) is 34.5 Å². The molecule has 0 saturated carbocycles. The van der Waals surface area contributed by atoms with Crippen molar-refractivity contribution in [2.75, 3.05) is 39.9 Å². The summed E-state index contributed by atoms with van der Waals surface area (Å²) in [6.45, 7) is 2.60. The van der Waals surface area contributed by atoms with Crippen LogP contribution in [0.4, 0.5) is 0 Å². The molecular weight excluding hydrogens is 504 g/mol. The van der Waals surface area contributed by atoms with Crippen molar-refractivity contribution in [2.45, 2.75) is 24.8 Å². The van der Waals surface area contributed by atoms with Gasteiger partial charge in [0.2, 0.25) is 10.6 Å². The maximum atomic E-state index is 13.7. The summed E-state index contributed by atoms with van der Waals surface area (Å²) in [6.07, 6.45) is 2.59. The molecule has 1 atom stereocenters. The van der Waals surface area contributed by atoms with E-state index in [4.69, 9.17) is 18.9 Å². The van der Waals surface area contributed by atoms with Gasteiger partial charge in [0.1, 0.15) is 23.4 Å². The van der Waals surface area contributed by atoms with Crippen molar-refractivity contribution in [3.8, 4) is 28.7 Å². The molecular formula is C29H32N2O6S. The normalized spacial score (nSPS) is 11.8. The van der Waals surface area contributed by atoms with Crippen LogP contribution in [0.25, 0.3) is 11.0 Å². The van der Waals surface area contributed by atoms with E-state index >= 15 is 0 Å². The van der Waals surface area contributed by atoms with Crippen molar-refractivity contribution < 1.29 is 24.1 Å². The van der Waals surface area contributed by atoms with Crippen molar-refractivity contribution in [1.82, 2.24) is 9.55 Å². The highest BCUT2D eigenvalue weighted by Gasteiger charge is 2.25. The molecule has 200 valence electrons. The first-order valence-electron chi connectivity index (χ1n) is 12.2. The lowest BCUT2D eigenvalue weighted by atomic mass is 10.2. The van der Waals surface area contributed by atoms with Crippen LogP contribution in [-0.4, -0.2) is 49.5 Å². The van der Waals surface area contributed by atoms with E-state index in [1.807, 2.05) is 49.6 Å². The van der Waals surface area contributed by atoms with Crippen LogP contribution in [0, 0.1) is 6.92 Å². The molecule has 0 bridgehead atoms. The minimum atomic E-state index is -0.584. The van der Waals surface area contributed by atoms with Crippen molar-refractivity contribution >= 4 is 21.9 Å². The highest BCUT2D eigenvalue weighted by molar-refractivity contribution is 7.96. The topological polar surface area (TPSA) is 94.9 Å². The second-order valence-electron chi connectivity index (χ2n) is 8.76. The minimum Gasteiger partial charge on any atom is -0.868 e. The maximum absolute atomic E-state index is 13.7. The number of benzene rings is 2. The molecule has 9 heteroatoms. The predicted octanol–water partition coefficient (Wildman–Crippen LogP) is 3.93. The second-order valence-corrected chi connectivity index (χ2v) is 10.9. The summed E-state index contributed by atoms with van der Waals surface area (Å²) < 4.78 is 23.7. The molecule has 0 saturated heterocycles. The van der Waals surface area contributed by atoms with Gasteiger partial charge in [-0.05, 0) is 30.4 Å². The first-order valence-corrected chi connectivity index (χ1v) is 14.0. The minimum absolute atomic E-state index is 0.238. The number of ether oxygens (including phenoxy) is 4. The predicted molar refractivity (Wildman–Crippen MR) is 148 cm³/mol. The van der Waals surface area contributed by atoms with Gasteiger partial charge in [-0.3, -0.25) is 9.36 Å². The van der Waals surface area contributed by atoms with E-state index in [2.05, 4.69) is 4.98 Å². The van der Waals surface area contributed by atoms with E-state index in [1.54, 1.807) is 44.1 Å². The molecule has 8 nitrogen and oxygen atoms in total. The van der Waals surface area contributed by atoms with E-state index < -0.39 is 10.9 Å². The van der Waals surface area contributed by atoms with E-state index in [0.717, 1.165) is 11.3 Å². The van der Waals surface area contributed by atoms with Crippen molar-refractivity contribution in [2.24, 2.45) is 0 Å². The van der Waals surface area contributed by atoms with Crippen LogP contribution in [0.15, 0.2) is 64.3 Å². The van der Waals surface area contributed by atoms with E-state index in [-0.39, 0.29) is 11.3 Å². The van der Waals surface area contributed by atoms with E-state index in [1.165, 1.54) is 0 Å². The summed E-state index contributed by atoms with van der Waals surface area (Å²) in [7, 11) is 4.06. The lowest BCUT2D eigenvalue weighted by Crippen LogP contribution is -2.30. The van der Waals surface area contributed by atoms with Gasteiger partial charge in [-0.15, -0.1) is 0 Å². The summed E-state index contributed by atoms with van der Waals surface area (Å²) in [4.78, 5) is 18.5. The smallest absolute Gasteiger partial charge is 0.307 e. The zero-order valence-corrected chi connectivity index (χ0v) is 23.1. The van der Waals surface area contributed by atoms with Crippen LogP contribution in [0.1, 0.15) is 17.7 Å². The van der Waals surface area contributed by atoms with Gasteiger partial charge < -0.3 is 24.1 Å². The number of hydrogen-bond donors (Lipinski definition) is 0. The number of aromatic nitrogens is 2. The number of fused-ring (bicyclic) bond motifs is 1. The zero-order chi connectivity index (χ0) is 27.2. The third-order valence-corrected chi connectivity index (χ3v) is 8.15. The number of aryl methyl sites for hydroxylation is 1. The maximum Gasteiger partial charge on any atom is 0.307 e. The Balaban J connectivity index is 1.55. The number of nitrogens with zero attached hydrogens (tertiary/aromatic N) is 2. The van der Waals surface area contributed by atoms with Crippen LogP contribution in [0.2, 0.25) is 0 Å². The third kappa shape index (κ3) is 5.67. The molecule has 0 amide bonds. The van der Waals surface area contributed by atoms with Gasteiger partial charge in [0.15, 0.2) is 11.5 Å². The first kappa shape index (κ1) is 27.2. The highest BCUT2D eigenvalue weighted by Crippen LogP contribution is 2.40. The summed E-state index contributed by atoms with van der Waals surface area (Å²) >= 11 is 0. The molecule has 2 aromatic heterocycles. The van der Waals surface area contributed by atoms with E-state index in [9.17, 15) is 9.90 Å². The molecule has 0 aliphatic carbocycles. The van der Waals surface area contributed by atoms with Crippen molar-refractivity contribution in [3.63, 3.8) is 0 Å². The molecule has 0 radical (unpaired) electrons. The van der Waals surface area contributed by atoms with Crippen LogP contribution in [0.3, 0.4) is 0 Å². The van der Waals surface area contributed by atoms with Crippen LogP contribution < -0.4 is 29.6 Å². The van der Waals surface area contributed by atoms with Gasteiger partial charge >= 0.3 is 5.56 Å². The molecule has 0 fully saturated rings. The average Bonchev–Trinajstić information content (AvgIpc) is 2.93. The monoisotopic (exact) mass is 536 g/mol. The molecule has 0 aliphatic heterocycles. The average molecular weight is 537 g/mol. The lowest BCUT2D eigenvalue weighted by Gasteiger charge is -2.19. The number of hydrogen-bond acceptors (Lipinski definition) is 7. The van der Waals surface area contributed by atoms with E-state index in [0.29, 0.717) is 64.3 Å². The fraction of sp³-hybridized carbons (Fsp3) is 0.310. The Morgan fingerprint density at radius 3 is 2.29 bits per heavy atom. The molecule has 38 heavy (non-hydrogen) atoms. The van der Waals surface area contributed by atoms with Crippen LogP contribution in [0.5, 0.6) is 28.7 Å². The first-order chi connectivity index (χ1) is 18.4. The Morgan fingerprint density at radius 1 is 0.974 bits per heavy atom. The summed E-state index contributed by atoms with van der Waals surface area (Å²) in [5, 5.41) is 13.9. The van der Waals surface area contributed by atoms with Gasteiger partial charge in [-0.25, -0.2) is 4.98 Å². The summed E-state index contributed by atoms with van der Waals surface area (Å²) in [5.74, 6) is 2.48. The molecule has 0 aliphatic rings. The highest BCUT2D eigenvalue weighted by atomic mass is 32.2. The van der Waals surface area contributed by atoms with Gasteiger partial charge in [-0.1, -0.05) is 30.3 Å². The number of pyridine rings is 2. The Morgan fingerprint density at radius 2 is 1.66 bits per heavy atom. The molecule has 2 aromatic carbocycles. The van der Waals surface area contributed by atoms with Crippen LogP contribution >= 0.6 is 0 Å². The Labute approximate surface area is 225 Å². The Kier molecular flexibility index (Phi) is 8.68. The number of rotatable bonds is 11. The molecule has 4 aromatic rings. The molecule has 1 unspecified atom stereocenters. The van der Waals surface area contributed by atoms with Gasteiger partial charge in [0.25, 0.3) is 0 Å². The molecule has 2 heterocycles. The quantitative estimate of drug-likeness (QED) is 0.212. The van der Waals surface area contributed by atoms with Crippen molar-refractivity contribution in [3.05, 3.63) is 76.2 Å². The SMILES string of the molecule is COc1cc(OCCC[S+](C)c2c([O-])c3ccc(C)nc3n(Cc3ccccc3)c2=O)cc(OC)c1OC. The Hall–Kier alpha value is -3.85. The van der Waals surface area contributed by atoms with Gasteiger partial charge in [-0.2, -0.15) is 0 Å². The van der Waals surface area contributed by atoms with Gasteiger partial charge in [0, 0.05) is 40.5 Å². The standard InChI is InChI=1S/C29H32N2O6S/c1-19-12-13-22-25(32)27(29(33)31(28(22)30-19)18-20-10-7-6-8-11-20)38(5)15-9-14-37-21-16-23(34-2)26(36-4)24(17-21)35-3/h6-8,10-13,16-17H,9,14-15,18H2,1-5H3. The zero-order valence-electron chi connectivity index (χ0n) is 22.3. The lowest BCUT2D eigenvalue weighted by molar-refractivity contribution is -0.270. The summed E-state index contributed by atoms with van der Waals surface area (Å²) in [6, 6.07) is 16.8. The number of methoxy groups -OCH3 is 3. The second kappa shape index (κ2) is 12.1. The molecule has 4 rings (SSSR count). The van der Waals surface area contributed by atoms with Crippen LogP contribution in [-0.2, 0) is 17.4 Å². The van der Waals surface area contributed by atoms with Crippen molar-refractivity contribution in [1.29, 1.82) is 0 Å².